The average molecular weight is 311 g/mol. The van der Waals surface area contributed by atoms with Crippen molar-refractivity contribution < 1.29 is 5.11 Å². The van der Waals surface area contributed by atoms with Gasteiger partial charge < -0.3 is 15.4 Å². The van der Waals surface area contributed by atoms with Crippen molar-refractivity contribution in [1.82, 2.24) is 19.5 Å². The summed E-state index contributed by atoms with van der Waals surface area (Å²) in [5.41, 5.74) is 7.29. The molecule has 0 amide bonds. The van der Waals surface area contributed by atoms with Gasteiger partial charge in [-0.1, -0.05) is 39.0 Å². The molecule has 0 aromatic carbocycles. The molecule has 0 saturated carbocycles. The van der Waals surface area contributed by atoms with Gasteiger partial charge in [-0.3, -0.25) is 0 Å². The molecular formula is C14H25N5OS. The number of aliphatic hydroxyl groups excluding tert-OH is 1. The highest BCUT2D eigenvalue weighted by atomic mass is 32.2. The van der Waals surface area contributed by atoms with Crippen LogP contribution in [-0.4, -0.2) is 37.5 Å². The predicted molar refractivity (Wildman–Crippen MR) is 88.3 cm³/mol. The molecule has 2 heterocycles. The quantitative estimate of drug-likeness (QED) is 0.629. The number of fused-ring (bicyclic) bond motifs is 1. The molecule has 0 fully saturated rings. The van der Waals surface area contributed by atoms with E-state index in [2.05, 4.69) is 21.9 Å². The highest BCUT2D eigenvalue weighted by Gasteiger charge is 2.12. The molecule has 0 aliphatic heterocycles. The van der Waals surface area contributed by atoms with Crippen LogP contribution in [0.25, 0.3) is 11.2 Å². The minimum atomic E-state index is 0.219. The summed E-state index contributed by atoms with van der Waals surface area (Å²) < 4.78 is 1.98. The van der Waals surface area contributed by atoms with Crippen molar-refractivity contribution in [2.24, 2.45) is 5.92 Å². The van der Waals surface area contributed by atoms with Gasteiger partial charge in [-0.05, 0) is 18.6 Å². The van der Waals surface area contributed by atoms with Gasteiger partial charge in [-0.2, -0.15) is 0 Å². The van der Waals surface area contributed by atoms with E-state index in [9.17, 15) is 5.11 Å². The van der Waals surface area contributed by atoms with Crippen molar-refractivity contribution in [1.29, 1.82) is 0 Å². The van der Waals surface area contributed by atoms with Gasteiger partial charge in [0.2, 0.25) is 0 Å². The lowest BCUT2D eigenvalue weighted by molar-refractivity contribution is 0.210. The number of aliphatic hydroxyl groups is 1. The lowest BCUT2D eigenvalue weighted by Crippen LogP contribution is -2.09. The van der Waals surface area contributed by atoms with Crippen LogP contribution in [0.4, 0.5) is 5.82 Å². The summed E-state index contributed by atoms with van der Waals surface area (Å²) in [5, 5.41) is 9.87. The Hall–Kier alpha value is -1.34. The number of nitrogens with two attached hydrogens (primary N) is 1. The van der Waals surface area contributed by atoms with Gasteiger partial charge in [0.15, 0.2) is 16.6 Å². The zero-order valence-electron chi connectivity index (χ0n) is 13.2. The molecule has 0 spiro atoms. The molecule has 0 aliphatic rings. The summed E-state index contributed by atoms with van der Waals surface area (Å²) >= 11 is 1.46. The molecule has 118 valence electrons. The fourth-order valence-corrected chi connectivity index (χ4v) is 2.31. The molecule has 0 saturated heterocycles. The van der Waals surface area contributed by atoms with E-state index >= 15 is 0 Å². The topological polar surface area (TPSA) is 89.8 Å². The Morgan fingerprint density at radius 1 is 1.38 bits per heavy atom. The van der Waals surface area contributed by atoms with Crippen molar-refractivity contribution >= 4 is 28.7 Å². The smallest absolute Gasteiger partial charge is 0.191 e. The number of imidazole rings is 1. The zero-order valence-corrected chi connectivity index (χ0v) is 14.0. The number of nitrogens with zero attached hydrogens (tertiary/aromatic N) is 4. The first kappa shape index (κ1) is 17.7. The lowest BCUT2D eigenvalue weighted by atomic mass is 10.0. The number of rotatable bonds is 6. The highest BCUT2D eigenvalue weighted by molar-refractivity contribution is 7.98. The van der Waals surface area contributed by atoms with Crippen LogP contribution in [0, 0.1) is 5.92 Å². The van der Waals surface area contributed by atoms with Crippen molar-refractivity contribution in [3.05, 3.63) is 6.33 Å². The van der Waals surface area contributed by atoms with Crippen molar-refractivity contribution in [3.8, 4) is 0 Å². The summed E-state index contributed by atoms with van der Waals surface area (Å²) in [6.45, 7) is 7.08. The van der Waals surface area contributed by atoms with Gasteiger partial charge >= 0.3 is 0 Å². The largest absolute Gasteiger partial charge is 0.396 e. The van der Waals surface area contributed by atoms with Gasteiger partial charge in [0.1, 0.15) is 5.52 Å². The van der Waals surface area contributed by atoms with E-state index < -0.39 is 0 Å². The number of nitrogen functional groups attached to an aromatic ring is 1. The van der Waals surface area contributed by atoms with Crippen LogP contribution >= 0.6 is 11.8 Å². The molecule has 0 radical (unpaired) electrons. The number of hydrogen-bond acceptors (Lipinski definition) is 6. The molecule has 1 unspecified atom stereocenters. The molecule has 0 bridgehead atoms. The highest BCUT2D eigenvalue weighted by Crippen LogP contribution is 2.21. The van der Waals surface area contributed by atoms with Crippen LogP contribution in [0.15, 0.2) is 11.5 Å². The summed E-state index contributed by atoms with van der Waals surface area (Å²) in [4.78, 5) is 12.9. The van der Waals surface area contributed by atoms with Gasteiger partial charge in [0, 0.05) is 13.2 Å². The molecule has 1 atom stereocenters. The predicted octanol–water partition coefficient (Wildman–Crippen LogP) is 2.57. The molecule has 2 aromatic rings. The zero-order chi connectivity index (χ0) is 15.8. The van der Waals surface area contributed by atoms with E-state index in [1.54, 1.807) is 6.33 Å². The Kier molecular flexibility index (Phi) is 7.45. The van der Waals surface area contributed by atoms with Gasteiger partial charge in [-0.25, -0.2) is 15.0 Å². The van der Waals surface area contributed by atoms with E-state index in [0.717, 1.165) is 25.0 Å². The van der Waals surface area contributed by atoms with E-state index in [1.807, 2.05) is 24.7 Å². The van der Waals surface area contributed by atoms with Crippen LogP contribution in [0.3, 0.4) is 0 Å². The van der Waals surface area contributed by atoms with Crippen LogP contribution in [0.5, 0.6) is 0 Å². The first-order valence-electron chi connectivity index (χ1n) is 7.32. The maximum atomic E-state index is 9.22. The third-order valence-electron chi connectivity index (χ3n) is 3.27. The second kappa shape index (κ2) is 8.84. The third kappa shape index (κ3) is 4.31. The van der Waals surface area contributed by atoms with Crippen LogP contribution in [0.1, 0.15) is 33.6 Å². The first-order chi connectivity index (χ1) is 10.2. The SMILES string of the molecule is CC.CCC(CO)CCn1cnc2c(N)nc(SC)nc21. The summed E-state index contributed by atoms with van der Waals surface area (Å²) in [7, 11) is 0. The number of aromatic nitrogens is 4. The number of anilines is 1. The summed E-state index contributed by atoms with van der Waals surface area (Å²) in [5.74, 6) is 0.735. The van der Waals surface area contributed by atoms with Crippen molar-refractivity contribution in [2.45, 2.75) is 45.3 Å². The van der Waals surface area contributed by atoms with E-state index in [0.29, 0.717) is 22.4 Å². The Labute approximate surface area is 130 Å². The van der Waals surface area contributed by atoms with Gasteiger partial charge in [0.25, 0.3) is 0 Å². The fraction of sp³-hybridized carbons (Fsp3) is 0.643. The van der Waals surface area contributed by atoms with E-state index in [-0.39, 0.29) is 6.61 Å². The molecule has 2 aromatic heterocycles. The molecule has 2 rings (SSSR count). The second-order valence-corrected chi connectivity index (χ2v) is 5.22. The van der Waals surface area contributed by atoms with Gasteiger partial charge in [-0.15, -0.1) is 0 Å². The Bertz CT molecular complexity index is 554. The second-order valence-electron chi connectivity index (χ2n) is 4.45. The standard InChI is InChI=1S/C12H19N5OS.C2H6/c1-3-8(6-18)4-5-17-7-14-9-10(13)15-12(19-2)16-11(9)17;1-2/h7-8,18H,3-6H2,1-2H3,(H2,13,15,16);1-2H3. The summed E-state index contributed by atoms with van der Waals surface area (Å²) in [6.07, 6.45) is 5.53. The Morgan fingerprint density at radius 2 is 2.10 bits per heavy atom. The third-order valence-corrected chi connectivity index (χ3v) is 3.81. The van der Waals surface area contributed by atoms with Gasteiger partial charge in [0.05, 0.1) is 6.33 Å². The van der Waals surface area contributed by atoms with Crippen LogP contribution in [-0.2, 0) is 6.54 Å². The molecule has 0 aliphatic carbocycles. The first-order valence-corrected chi connectivity index (χ1v) is 8.55. The van der Waals surface area contributed by atoms with E-state index in [1.165, 1.54) is 11.8 Å². The molecular weight excluding hydrogens is 286 g/mol. The van der Waals surface area contributed by atoms with Crippen LogP contribution < -0.4 is 5.73 Å². The maximum Gasteiger partial charge on any atom is 0.191 e. The Balaban J connectivity index is 0.00000106. The molecule has 7 heteroatoms. The summed E-state index contributed by atoms with van der Waals surface area (Å²) in [6, 6.07) is 0. The normalized spacial score (nSPS) is 12.0. The Morgan fingerprint density at radius 3 is 2.67 bits per heavy atom. The number of hydrogen-bond donors (Lipinski definition) is 2. The van der Waals surface area contributed by atoms with E-state index in [4.69, 9.17) is 5.73 Å². The minimum Gasteiger partial charge on any atom is -0.396 e. The fourth-order valence-electron chi connectivity index (χ4n) is 1.95. The van der Waals surface area contributed by atoms with Crippen molar-refractivity contribution in [2.75, 3.05) is 18.6 Å². The van der Waals surface area contributed by atoms with Crippen molar-refractivity contribution in [3.63, 3.8) is 0 Å². The molecule has 21 heavy (non-hydrogen) atoms. The number of aryl methyl sites for hydroxylation is 1. The maximum absolute atomic E-state index is 9.22. The lowest BCUT2D eigenvalue weighted by Gasteiger charge is -2.11. The number of thioether (sulfide) groups is 1. The van der Waals surface area contributed by atoms with Crippen LogP contribution in [0.2, 0.25) is 0 Å². The molecule has 3 N–H and O–H groups in total. The minimum absolute atomic E-state index is 0.219. The molecule has 6 nitrogen and oxygen atoms in total. The average Bonchev–Trinajstić information content (AvgIpc) is 2.94. The monoisotopic (exact) mass is 311 g/mol.